The first kappa shape index (κ1) is 18.0. The molecule has 4 nitrogen and oxygen atoms in total. The molecule has 0 fully saturated rings. The highest BCUT2D eigenvalue weighted by Crippen LogP contribution is 2.15. The van der Waals surface area contributed by atoms with Crippen molar-refractivity contribution in [3.63, 3.8) is 0 Å². The molecule has 0 saturated carbocycles. The molecule has 0 aromatic carbocycles. The Balaban J connectivity index is 2.59. The van der Waals surface area contributed by atoms with Crippen molar-refractivity contribution in [2.24, 2.45) is 0 Å². The van der Waals surface area contributed by atoms with Crippen molar-refractivity contribution < 1.29 is 17.9 Å². The molecular formula is C14H24F3N3O. The van der Waals surface area contributed by atoms with E-state index >= 15 is 0 Å². The molecule has 0 bridgehead atoms. The fourth-order valence-corrected chi connectivity index (χ4v) is 2.15. The van der Waals surface area contributed by atoms with Gasteiger partial charge in [-0.1, -0.05) is 6.92 Å². The van der Waals surface area contributed by atoms with Gasteiger partial charge in [0.1, 0.15) is 6.61 Å². The van der Waals surface area contributed by atoms with Gasteiger partial charge in [0.2, 0.25) is 0 Å². The van der Waals surface area contributed by atoms with E-state index in [1.807, 2.05) is 31.5 Å². The summed E-state index contributed by atoms with van der Waals surface area (Å²) in [4.78, 5) is 0. The molecule has 7 heteroatoms. The molecule has 0 aliphatic heterocycles. The first-order chi connectivity index (χ1) is 9.85. The van der Waals surface area contributed by atoms with Gasteiger partial charge in [-0.15, -0.1) is 0 Å². The molecule has 0 spiro atoms. The lowest BCUT2D eigenvalue weighted by atomic mass is 10.1. The highest BCUT2D eigenvalue weighted by molar-refractivity contribution is 5.10. The Morgan fingerprint density at radius 1 is 1.38 bits per heavy atom. The lowest BCUT2D eigenvalue weighted by Crippen LogP contribution is -2.37. The van der Waals surface area contributed by atoms with Crippen LogP contribution < -0.4 is 5.32 Å². The van der Waals surface area contributed by atoms with Crippen LogP contribution in [0.2, 0.25) is 0 Å². The number of alkyl halides is 3. The summed E-state index contributed by atoms with van der Waals surface area (Å²) in [6.07, 6.45) is -2.76. The molecule has 0 saturated heterocycles. The minimum atomic E-state index is -4.28. The highest BCUT2D eigenvalue weighted by atomic mass is 19.4. The molecule has 1 aromatic rings. The number of nitrogens with zero attached hydrogens (tertiary/aromatic N) is 2. The number of hydrogen-bond donors (Lipinski definition) is 1. The maximum absolute atomic E-state index is 12.1. The van der Waals surface area contributed by atoms with Crippen molar-refractivity contribution in [1.82, 2.24) is 15.1 Å². The summed E-state index contributed by atoms with van der Waals surface area (Å²) in [5.41, 5.74) is 1.93. The molecule has 1 N–H and O–H groups in total. The van der Waals surface area contributed by atoms with Gasteiger partial charge in [0.05, 0.1) is 12.3 Å². The van der Waals surface area contributed by atoms with Crippen molar-refractivity contribution in [3.8, 4) is 0 Å². The molecule has 1 unspecified atom stereocenters. The average Bonchev–Trinajstić information content (AvgIpc) is 2.74. The minimum absolute atomic E-state index is 0.0352. The van der Waals surface area contributed by atoms with Crippen LogP contribution in [0, 0.1) is 6.92 Å². The van der Waals surface area contributed by atoms with E-state index < -0.39 is 12.8 Å². The predicted octanol–water partition coefficient (Wildman–Crippen LogP) is 2.70. The van der Waals surface area contributed by atoms with E-state index in [0.717, 1.165) is 30.9 Å². The normalized spacial score (nSPS) is 13.6. The summed E-state index contributed by atoms with van der Waals surface area (Å²) < 4.78 is 43.1. The Bertz CT molecular complexity index is 418. The maximum atomic E-state index is 12.1. The molecule has 0 radical (unpaired) electrons. The Kier molecular flexibility index (Phi) is 7.17. The fraction of sp³-hybridized carbons (Fsp3) is 0.786. The van der Waals surface area contributed by atoms with Gasteiger partial charge >= 0.3 is 6.18 Å². The molecular weight excluding hydrogens is 283 g/mol. The van der Waals surface area contributed by atoms with E-state index in [4.69, 9.17) is 4.74 Å². The molecule has 21 heavy (non-hydrogen) atoms. The number of aryl methyl sites for hydroxylation is 2. The van der Waals surface area contributed by atoms with E-state index in [-0.39, 0.29) is 12.6 Å². The van der Waals surface area contributed by atoms with E-state index in [9.17, 15) is 13.2 Å². The summed E-state index contributed by atoms with van der Waals surface area (Å²) in [5.74, 6) is 0. The minimum Gasteiger partial charge on any atom is -0.370 e. The second-order valence-corrected chi connectivity index (χ2v) is 5.08. The SMILES string of the molecule is CCCNC(COCC(F)(F)F)Cc1cc(C)nn1CC. The quantitative estimate of drug-likeness (QED) is 0.762. The number of nitrogens with one attached hydrogen (secondary N) is 1. The summed E-state index contributed by atoms with van der Waals surface area (Å²) in [6.45, 7) is 6.24. The van der Waals surface area contributed by atoms with Crippen LogP contribution in [0.15, 0.2) is 6.07 Å². The van der Waals surface area contributed by atoms with Crippen LogP contribution in [0.3, 0.4) is 0 Å². The summed E-state index contributed by atoms with van der Waals surface area (Å²) >= 11 is 0. The van der Waals surface area contributed by atoms with Crippen LogP contribution in [0.4, 0.5) is 13.2 Å². The number of ether oxygens (including phenoxy) is 1. The highest BCUT2D eigenvalue weighted by Gasteiger charge is 2.28. The Morgan fingerprint density at radius 2 is 2.10 bits per heavy atom. The lowest BCUT2D eigenvalue weighted by molar-refractivity contribution is -0.175. The van der Waals surface area contributed by atoms with Gasteiger partial charge < -0.3 is 10.1 Å². The van der Waals surface area contributed by atoms with Crippen LogP contribution >= 0.6 is 0 Å². The van der Waals surface area contributed by atoms with Gasteiger partial charge in [0, 0.05) is 24.7 Å². The Morgan fingerprint density at radius 3 is 2.67 bits per heavy atom. The number of rotatable bonds is 9. The lowest BCUT2D eigenvalue weighted by Gasteiger charge is -2.19. The van der Waals surface area contributed by atoms with Crippen LogP contribution in [-0.2, 0) is 17.7 Å². The molecule has 0 aliphatic rings. The first-order valence-corrected chi connectivity index (χ1v) is 7.27. The molecule has 0 aliphatic carbocycles. The van der Waals surface area contributed by atoms with Crippen molar-refractivity contribution in [2.45, 2.75) is 52.4 Å². The van der Waals surface area contributed by atoms with Crippen molar-refractivity contribution >= 4 is 0 Å². The monoisotopic (exact) mass is 307 g/mol. The standard InChI is InChI=1S/C14H24F3N3O/c1-4-6-18-12(9-21-10-14(15,16)17)8-13-7-11(3)19-20(13)5-2/h7,12,18H,4-6,8-10H2,1-3H3. The third-order valence-corrected chi connectivity index (χ3v) is 3.01. The molecule has 0 amide bonds. The molecule has 122 valence electrons. The van der Waals surface area contributed by atoms with E-state index in [1.165, 1.54) is 0 Å². The Labute approximate surface area is 123 Å². The second-order valence-electron chi connectivity index (χ2n) is 5.08. The van der Waals surface area contributed by atoms with Gasteiger partial charge in [-0.3, -0.25) is 4.68 Å². The van der Waals surface area contributed by atoms with E-state index in [1.54, 1.807) is 0 Å². The van der Waals surface area contributed by atoms with Gasteiger partial charge in [0.15, 0.2) is 0 Å². The second kappa shape index (κ2) is 8.38. The molecule has 1 heterocycles. The third-order valence-electron chi connectivity index (χ3n) is 3.01. The summed E-state index contributed by atoms with van der Waals surface area (Å²) in [5, 5.41) is 7.58. The fourth-order valence-electron chi connectivity index (χ4n) is 2.15. The summed E-state index contributed by atoms with van der Waals surface area (Å²) in [7, 11) is 0. The van der Waals surface area contributed by atoms with Crippen LogP contribution in [-0.4, -0.2) is 41.8 Å². The zero-order chi connectivity index (χ0) is 15.9. The smallest absolute Gasteiger partial charge is 0.370 e. The van der Waals surface area contributed by atoms with E-state index in [2.05, 4.69) is 10.4 Å². The number of aromatic nitrogens is 2. The third kappa shape index (κ3) is 6.95. The van der Waals surface area contributed by atoms with Crippen molar-refractivity contribution in [3.05, 3.63) is 17.5 Å². The number of halogens is 3. The predicted molar refractivity (Wildman–Crippen MR) is 75.3 cm³/mol. The molecule has 1 atom stereocenters. The van der Waals surface area contributed by atoms with Crippen LogP contribution in [0.25, 0.3) is 0 Å². The largest absolute Gasteiger partial charge is 0.411 e. The van der Waals surface area contributed by atoms with Gasteiger partial charge in [-0.2, -0.15) is 18.3 Å². The number of hydrogen-bond acceptors (Lipinski definition) is 3. The maximum Gasteiger partial charge on any atom is 0.411 e. The van der Waals surface area contributed by atoms with Gasteiger partial charge in [-0.25, -0.2) is 0 Å². The van der Waals surface area contributed by atoms with Gasteiger partial charge in [0.25, 0.3) is 0 Å². The van der Waals surface area contributed by atoms with Gasteiger partial charge in [-0.05, 0) is 32.9 Å². The average molecular weight is 307 g/mol. The zero-order valence-electron chi connectivity index (χ0n) is 12.8. The first-order valence-electron chi connectivity index (χ1n) is 7.27. The summed E-state index contributed by atoms with van der Waals surface area (Å²) in [6, 6.07) is 1.82. The van der Waals surface area contributed by atoms with Crippen molar-refractivity contribution in [2.75, 3.05) is 19.8 Å². The van der Waals surface area contributed by atoms with Crippen molar-refractivity contribution in [1.29, 1.82) is 0 Å². The molecule has 1 rings (SSSR count). The van der Waals surface area contributed by atoms with Crippen LogP contribution in [0.1, 0.15) is 31.7 Å². The molecule has 1 aromatic heterocycles. The van der Waals surface area contributed by atoms with E-state index in [0.29, 0.717) is 6.42 Å². The topological polar surface area (TPSA) is 39.1 Å². The van der Waals surface area contributed by atoms with Crippen LogP contribution in [0.5, 0.6) is 0 Å². The Hall–Kier alpha value is -1.08. The zero-order valence-corrected chi connectivity index (χ0v) is 12.8.